The number of nitrogens with one attached hydrogen (secondary N) is 2. The fourth-order valence-electron chi connectivity index (χ4n) is 3.93. The van der Waals surface area contributed by atoms with E-state index >= 15 is 0 Å². The molecule has 2 N–H and O–H groups in total. The van der Waals surface area contributed by atoms with E-state index in [2.05, 4.69) is 20.1 Å². The molecule has 164 valence electrons. The Labute approximate surface area is 195 Å². The molecule has 0 aliphatic rings. The van der Waals surface area contributed by atoms with Crippen molar-refractivity contribution in [3.05, 3.63) is 101 Å². The molecular weight excluding hydrogens is 436 g/mol. The number of aromatic amines is 1. The summed E-state index contributed by atoms with van der Waals surface area (Å²) in [5.74, 6) is 0.482. The summed E-state index contributed by atoms with van der Waals surface area (Å²) < 4.78 is 7.55. The first kappa shape index (κ1) is 20.8. The predicted molar refractivity (Wildman–Crippen MR) is 132 cm³/mol. The van der Waals surface area contributed by atoms with Crippen molar-refractivity contribution in [1.29, 1.82) is 0 Å². The van der Waals surface area contributed by atoms with Gasteiger partial charge >= 0.3 is 0 Å². The van der Waals surface area contributed by atoms with Gasteiger partial charge in [0, 0.05) is 51.3 Å². The molecule has 0 atom stereocenters. The highest BCUT2D eigenvalue weighted by Crippen LogP contribution is 2.26. The number of nitrogens with zero attached hydrogens (tertiary/aromatic N) is 2. The zero-order valence-corrected chi connectivity index (χ0v) is 18.6. The van der Waals surface area contributed by atoms with Gasteiger partial charge in [0.05, 0.1) is 18.9 Å². The topological polar surface area (TPSA) is 71.4 Å². The molecule has 0 aliphatic carbocycles. The summed E-state index contributed by atoms with van der Waals surface area (Å²) in [6.45, 7) is 0.676. The third-order valence-electron chi connectivity index (χ3n) is 5.59. The number of hydrazone groups is 1. The van der Waals surface area contributed by atoms with Gasteiger partial charge in [-0.15, -0.1) is 0 Å². The average molecular weight is 457 g/mol. The van der Waals surface area contributed by atoms with Crippen LogP contribution < -0.4 is 10.2 Å². The third-order valence-corrected chi connectivity index (χ3v) is 5.84. The van der Waals surface area contributed by atoms with Crippen LogP contribution in [0.15, 0.2) is 84.2 Å². The number of hydrogen-bond donors (Lipinski definition) is 2. The van der Waals surface area contributed by atoms with Crippen LogP contribution in [0.25, 0.3) is 21.8 Å². The number of ether oxygens (including phenoxy) is 1. The maximum atomic E-state index is 12.7. The van der Waals surface area contributed by atoms with Gasteiger partial charge in [0.2, 0.25) is 0 Å². The Hall–Kier alpha value is -4.03. The molecule has 3 aromatic carbocycles. The smallest absolute Gasteiger partial charge is 0.273 e. The summed E-state index contributed by atoms with van der Waals surface area (Å²) in [4.78, 5) is 15.8. The number of amides is 1. The summed E-state index contributed by atoms with van der Waals surface area (Å²) in [6.07, 6.45) is 5.37. The Kier molecular flexibility index (Phi) is 5.59. The van der Waals surface area contributed by atoms with E-state index in [4.69, 9.17) is 16.3 Å². The number of halogens is 1. The van der Waals surface area contributed by atoms with Gasteiger partial charge in [0.25, 0.3) is 5.91 Å². The number of H-pyrrole nitrogens is 1. The molecule has 2 heterocycles. The van der Waals surface area contributed by atoms with E-state index in [0.29, 0.717) is 17.1 Å². The standard InChI is InChI=1S/C26H21ClN4O2/c1-33-20-10-11-25-22(12-20)18(16-31(25)15-17-6-8-19(27)9-7-17)13-29-30-26(32)23-14-28-24-5-3-2-4-21(23)24/h2-14,16,28H,15H2,1H3,(H,30,32)/b29-13-. The Bertz CT molecular complexity index is 1480. The molecule has 0 saturated heterocycles. The number of carbonyl (C=O) groups is 1. The van der Waals surface area contributed by atoms with Crippen LogP contribution >= 0.6 is 11.6 Å². The summed E-state index contributed by atoms with van der Waals surface area (Å²) in [7, 11) is 1.64. The van der Waals surface area contributed by atoms with Crippen LogP contribution in [-0.2, 0) is 6.54 Å². The second-order valence-electron chi connectivity index (χ2n) is 7.67. The van der Waals surface area contributed by atoms with Crippen LogP contribution in [-0.4, -0.2) is 28.8 Å². The molecule has 2 aromatic heterocycles. The van der Waals surface area contributed by atoms with Crippen molar-refractivity contribution in [2.24, 2.45) is 5.10 Å². The van der Waals surface area contributed by atoms with Crippen molar-refractivity contribution in [3.8, 4) is 5.75 Å². The minimum Gasteiger partial charge on any atom is -0.497 e. The summed E-state index contributed by atoms with van der Waals surface area (Å²) >= 11 is 6.02. The van der Waals surface area contributed by atoms with E-state index in [-0.39, 0.29) is 5.91 Å². The monoisotopic (exact) mass is 456 g/mol. The van der Waals surface area contributed by atoms with E-state index in [1.54, 1.807) is 19.5 Å². The third kappa shape index (κ3) is 4.21. The average Bonchev–Trinajstić information content (AvgIpc) is 3.42. The van der Waals surface area contributed by atoms with Crippen LogP contribution in [0.5, 0.6) is 5.75 Å². The maximum Gasteiger partial charge on any atom is 0.273 e. The molecule has 0 fully saturated rings. The molecular formula is C26H21ClN4O2. The van der Waals surface area contributed by atoms with Crippen LogP contribution in [0.3, 0.4) is 0 Å². The lowest BCUT2D eigenvalue weighted by Crippen LogP contribution is -2.17. The molecule has 0 unspecified atom stereocenters. The number of aromatic nitrogens is 2. The summed E-state index contributed by atoms with van der Waals surface area (Å²) in [5, 5.41) is 6.78. The van der Waals surface area contributed by atoms with Crippen molar-refractivity contribution < 1.29 is 9.53 Å². The number of para-hydroxylation sites is 1. The van der Waals surface area contributed by atoms with Crippen molar-refractivity contribution >= 4 is 45.5 Å². The number of fused-ring (bicyclic) bond motifs is 2. The van der Waals surface area contributed by atoms with Crippen molar-refractivity contribution in [2.75, 3.05) is 7.11 Å². The van der Waals surface area contributed by atoms with Crippen molar-refractivity contribution in [3.63, 3.8) is 0 Å². The highest BCUT2D eigenvalue weighted by atomic mass is 35.5. The molecule has 5 aromatic rings. The Morgan fingerprint density at radius 1 is 1.12 bits per heavy atom. The zero-order valence-electron chi connectivity index (χ0n) is 17.9. The molecule has 0 radical (unpaired) electrons. The van der Waals surface area contributed by atoms with Crippen molar-refractivity contribution in [1.82, 2.24) is 15.0 Å². The van der Waals surface area contributed by atoms with E-state index in [9.17, 15) is 4.79 Å². The van der Waals surface area contributed by atoms with E-state index in [1.807, 2.05) is 72.9 Å². The fourth-order valence-corrected chi connectivity index (χ4v) is 4.06. The molecule has 0 bridgehead atoms. The van der Waals surface area contributed by atoms with Gasteiger partial charge < -0.3 is 14.3 Å². The SMILES string of the molecule is COc1ccc2c(c1)c(/C=N\NC(=O)c1c[nH]c3ccccc13)cn2Cc1ccc(Cl)cc1. The van der Waals surface area contributed by atoms with Gasteiger partial charge in [-0.05, 0) is 42.0 Å². The number of methoxy groups -OCH3 is 1. The molecule has 33 heavy (non-hydrogen) atoms. The van der Waals surface area contributed by atoms with Gasteiger partial charge in [-0.3, -0.25) is 4.79 Å². The number of benzene rings is 3. The first-order valence-electron chi connectivity index (χ1n) is 10.4. The Morgan fingerprint density at radius 3 is 2.76 bits per heavy atom. The summed E-state index contributed by atoms with van der Waals surface area (Å²) in [6, 6.07) is 21.4. The predicted octanol–water partition coefficient (Wildman–Crippen LogP) is 5.60. The van der Waals surface area contributed by atoms with E-state index in [1.165, 1.54) is 0 Å². The van der Waals surface area contributed by atoms with E-state index < -0.39 is 0 Å². The van der Waals surface area contributed by atoms with Crippen molar-refractivity contribution in [2.45, 2.75) is 6.54 Å². The van der Waals surface area contributed by atoms with Gasteiger partial charge in [-0.2, -0.15) is 5.10 Å². The molecule has 0 spiro atoms. The van der Waals surface area contributed by atoms with Gasteiger partial charge in [-0.1, -0.05) is 41.9 Å². The second-order valence-corrected chi connectivity index (χ2v) is 8.11. The van der Waals surface area contributed by atoms with Gasteiger partial charge in [0.1, 0.15) is 5.75 Å². The van der Waals surface area contributed by atoms with Gasteiger partial charge in [-0.25, -0.2) is 5.43 Å². The molecule has 1 amide bonds. The van der Waals surface area contributed by atoms with Crippen LogP contribution in [0.1, 0.15) is 21.5 Å². The highest BCUT2D eigenvalue weighted by molar-refractivity contribution is 6.30. The normalized spacial score (nSPS) is 11.5. The maximum absolute atomic E-state index is 12.7. The number of carbonyl (C=O) groups excluding carboxylic acids is 1. The lowest BCUT2D eigenvalue weighted by Gasteiger charge is -2.06. The zero-order chi connectivity index (χ0) is 22.8. The number of hydrogen-bond acceptors (Lipinski definition) is 3. The molecule has 0 saturated carbocycles. The first-order valence-corrected chi connectivity index (χ1v) is 10.8. The molecule has 0 aliphatic heterocycles. The largest absolute Gasteiger partial charge is 0.497 e. The molecule has 5 rings (SSSR count). The molecule has 7 heteroatoms. The first-order chi connectivity index (χ1) is 16.1. The fraction of sp³-hybridized carbons (Fsp3) is 0.0769. The summed E-state index contributed by atoms with van der Waals surface area (Å²) in [5.41, 5.74) is 7.13. The Morgan fingerprint density at radius 2 is 1.94 bits per heavy atom. The lowest BCUT2D eigenvalue weighted by molar-refractivity contribution is 0.0957. The number of rotatable bonds is 6. The lowest BCUT2D eigenvalue weighted by atomic mass is 10.1. The highest BCUT2D eigenvalue weighted by Gasteiger charge is 2.12. The second kappa shape index (κ2) is 8.84. The minimum atomic E-state index is -0.272. The van der Waals surface area contributed by atoms with Crippen LogP contribution in [0.2, 0.25) is 5.02 Å². The van der Waals surface area contributed by atoms with Gasteiger partial charge in [0.15, 0.2) is 0 Å². The Balaban J connectivity index is 1.43. The minimum absolute atomic E-state index is 0.272. The molecule has 6 nitrogen and oxygen atoms in total. The van der Waals surface area contributed by atoms with E-state index in [0.717, 1.165) is 38.7 Å². The quantitative estimate of drug-likeness (QED) is 0.258. The van der Waals surface area contributed by atoms with Crippen LogP contribution in [0, 0.1) is 0 Å². The van der Waals surface area contributed by atoms with Crippen LogP contribution in [0.4, 0.5) is 0 Å².